The predicted octanol–water partition coefficient (Wildman–Crippen LogP) is 2.11. The summed E-state index contributed by atoms with van der Waals surface area (Å²) in [7, 11) is 1.38. The van der Waals surface area contributed by atoms with Gasteiger partial charge in [0.1, 0.15) is 0 Å². The van der Waals surface area contributed by atoms with Crippen molar-refractivity contribution in [2.75, 3.05) is 13.7 Å². The zero-order valence-electron chi connectivity index (χ0n) is 12.2. The van der Waals surface area contributed by atoms with Gasteiger partial charge in [-0.2, -0.15) is 0 Å². The van der Waals surface area contributed by atoms with E-state index >= 15 is 0 Å². The molecule has 0 aliphatic heterocycles. The molecule has 1 aliphatic carbocycles. The van der Waals surface area contributed by atoms with E-state index in [9.17, 15) is 9.90 Å². The van der Waals surface area contributed by atoms with Gasteiger partial charge in [-0.15, -0.1) is 0 Å². The first-order chi connectivity index (χ1) is 9.59. The molecule has 4 nitrogen and oxygen atoms in total. The first-order valence-corrected chi connectivity index (χ1v) is 7.10. The van der Waals surface area contributed by atoms with Gasteiger partial charge in [0, 0.05) is 24.6 Å². The maximum Gasteiger partial charge on any atom is 0.337 e. The summed E-state index contributed by atoms with van der Waals surface area (Å²) in [6.07, 6.45) is 3.34. The molecule has 110 valence electrons. The average Bonchev–Trinajstić information content (AvgIpc) is 2.86. The topological polar surface area (TPSA) is 58.6 Å². The van der Waals surface area contributed by atoms with E-state index in [0.717, 1.165) is 31.4 Å². The highest BCUT2D eigenvalue weighted by Crippen LogP contribution is 2.37. The maximum absolute atomic E-state index is 11.4. The van der Waals surface area contributed by atoms with Crippen LogP contribution in [0.2, 0.25) is 0 Å². The largest absolute Gasteiger partial charge is 0.465 e. The van der Waals surface area contributed by atoms with Crippen LogP contribution in [0, 0.1) is 5.41 Å². The third-order valence-electron chi connectivity index (χ3n) is 4.37. The van der Waals surface area contributed by atoms with Crippen LogP contribution in [0.15, 0.2) is 24.3 Å². The van der Waals surface area contributed by atoms with Crippen molar-refractivity contribution in [1.82, 2.24) is 5.32 Å². The summed E-state index contributed by atoms with van der Waals surface area (Å²) < 4.78 is 4.68. The Morgan fingerprint density at radius 1 is 1.45 bits per heavy atom. The second kappa shape index (κ2) is 6.37. The smallest absolute Gasteiger partial charge is 0.337 e. The van der Waals surface area contributed by atoms with E-state index in [1.165, 1.54) is 7.11 Å². The van der Waals surface area contributed by atoms with Crippen LogP contribution in [0.3, 0.4) is 0 Å². The summed E-state index contributed by atoms with van der Waals surface area (Å²) in [4.78, 5) is 11.4. The fraction of sp³-hybridized carbons (Fsp3) is 0.562. The Hall–Kier alpha value is -1.39. The standard InChI is InChI=1S/C16H23NO3/c1-16(11-18)9-3-4-14(16)17-10-12-5-7-13(8-6-12)15(19)20-2/h5-8,14,17-18H,3-4,9-11H2,1-2H3/t14-,16+/m0/s1. The molecule has 2 atom stereocenters. The number of carbonyl (C=O) groups excluding carboxylic acids is 1. The lowest BCUT2D eigenvalue weighted by molar-refractivity contribution is 0.0600. The van der Waals surface area contributed by atoms with Crippen molar-refractivity contribution >= 4 is 5.97 Å². The van der Waals surface area contributed by atoms with E-state index < -0.39 is 0 Å². The van der Waals surface area contributed by atoms with Crippen LogP contribution in [-0.4, -0.2) is 30.8 Å². The van der Waals surface area contributed by atoms with Crippen LogP contribution >= 0.6 is 0 Å². The highest BCUT2D eigenvalue weighted by atomic mass is 16.5. The van der Waals surface area contributed by atoms with Gasteiger partial charge in [0.25, 0.3) is 0 Å². The molecule has 1 aliphatic rings. The number of hydrogen-bond acceptors (Lipinski definition) is 4. The molecule has 0 saturated heterocycles. The van der Waals surface area contributed by atoms with Crippen molar-refractivity contribution in [3.05, 3.63) is 35.4 Å². The van der Waals surface area contributed by atoms with Crippen molar-refractivity contribution < 1.29 is 14.6 Å². The lowest BCUT2D eigenvalue weighted by Crippen LogP contribution is -2.41. The van der Waals surface area contributed by atoms with Crippen molar-refractivity contribution in [1.29, 1.82) is 0 Å². The van der Waals surface area contributed by atoms with Gasteiger partial charge in [-0.25, -0.2) is 4.79 Å². The van der Waals surface area contributed by atoms with E-state index in [4.69, 9.17) is 0 Å². The van der Waals surface area contributed by atoms with Crippen molar-refractivity contribution in [2.45, 2.75) is 38.8 Å². The zero-order chi connectivity index (χ0) is 14.6. The summed E-state index contributed by atoms with van der Waals surface area (Å²) in [6, 6.07) is 7.79. The van der Waals surface area contributed by atoms with Gasteiger partial charge in [0.15, 0.2) is 0 Å². The molecule has 1 aromatic carbocycles. The Morgan fingerprint density at radius 3 is 2.75 bits per heavy atom. The van der Waals surface area contributed by atoms with E-state index in [2.05, 4.69) is 17.0 Å². The summed E-state index contributed by atoms with van der Waals surface area (Å²) in [6.45, 7) is 3.12. The summed E-state index contributed by atoms with van der Waals surface area (Å²) in [5.74, 6) is -0.312. The number of aliphatic hydroxyl groups is 1. The molecule has 2 N–H and O–H groups in total. The lowest BCUT2D eigenvalue weighted by atomic mass is 9.86. The van der Waals surface area contributed by atoms with Crippen LogP contribution in [0.25, 0.3) is 0 Å². The molecule has 0 aromatic heterocycles. The van der Waals surface area contributed by atoms with Gasteiger partial charge in [-0.05, 0) is 30.5 Å². The highest BCUT2D eigenvalue weighted by Gasteiger charge is 2.37. The van der Waals surface area contributed by atoms with Crippen molar-refractivity contribution in [3.63, 3.8) is 0 Å². The molecule has 20 heavy (non-hydrogen) atoms. The molecule has 0 amide bonds. The third-order valence-corrected chi connectivity index (χ3v) is 4.37. The van der Waals surface area contributed by atoms with Crippen LogP contribution in [0.5, 0.6) is 0 Å². The van der Waals surface area contributed by atoms with Gasteiger partial charge < -0.3 is 15.2 Å². The van der Waals surface area contributed by atoms with Crippen LogP contribution in [-0.2, 0) is 11.3 Å². The summed E-state index contributed by atoms with van der Waals surface area (Å²) in [5, 5.41) is 13.1. The molecular formula is C16H23NO3. The summed E-state index contributed by atoms with van der Waals surface area (Å²) in [5.41, 5.74) is 1.69. The molecule has 0 radical (unpaired) electrons. The van der Waals surface area contributed by atoms with Crippen molar-refractivity contribution in [2.24, 2.45) is 5.41 Å². The Morgan fingerprint density at radius 2 is 2.15 bits per heavy atom. The number of hydrogen-bond donors (Lipinski definition) is 2. The number of esters is 1. The molecule has 0 heterocycles. The van der Waals surface area contributed by atoms with Gasteiger partial charge in [0.05, 0.1) is 12.7 Å². The van der Waals surface area contributed by atoms with E-state index in [1.807, 2.05) is 12.1 Å². The normalized spacial score (nSPS) is 25.6. The highest BCUT2D eigenvalue weighted by molar-refractivity contribution is 5.89. The second-order valence-electron chi connectivity index (χ2n) is 5.83. The van der Waals surface area contributed by atoms with Crippen LogP contribution in [0.4, 0.5) is 0 Å². The minimum absolute atomic E-state index is 0.00798. The Bertz CT molecular complexity index is 457. The molecule has 0 spiro atoms. The molecule has 1 fully saturated rings. The van der Waals surface area contributed by atoms with E-state index in [0.29, 0.717) is 11.6 Å². The zero-order valence-corrected chi connectivity index (χ0v) is 12.2. The minimum Gasteiger partial charge on any atom is -0.465 e. The molecule has 2 rings (SSSR count). The van der Waals surface area contributed by atoms with Crippen LogP contribution < -0.4 is 5.32 Å². The SMILES string of the molecule is COC(=O)c1ccc(CN[C@H]2CCC[C@]2(C)CO)cc1. The number of benzene rings is 1. The van der Waals surface area contributed by atoms with Gasteiger partial charge in [0.2, 0.25) is 0 Å². The number of nitrogens with one attached hydrogen (secondary N) is 1. The molecule has 0 unspecified atom stereocenters. The fourth-order valence-electron chi connectivity index (χ4n) is 2.89. The number of ether oxygens (including phenoxy) is 1. The summed E-state index contributed by atoms with van der Waals surface area (Å²) >= 11 is 0. The van der Waals surface area contributed by atoms with E-state index in [-0.39, 0.29) is 18.0 Å². The van der Waals surface area contributed by atoms with Gasteiger partial charge in [-0.1, -0.05) is 25.5 Å². The quantitative estimate of drug-likeness (QED) is 0.809. The Kier molecular flexibility index (Phi) is 4.78. The number of rotatable bonds is 5. The Balaban J connectivity index is 1.93. The average molecular weight is 277 g/mol. The molecular weight excluding hydrogens is 254 g/mol. The predicted molar refractivity (Wildman–Crippen MR) is 77.5 cm³/mol. The first-order valence-electron chi connectivity index (χ1n) is 7.10. The second-order valence-corrected chi connectivity index (χ2v) is 5.83. The monoisotopic (exact) mass is 277 g/mol. The number of aliphatic hydroxyl groups excluding tert-OH is 1. The number of carbonyl (C=O) groups is 1. The van der Waals surface area contributed by atoms with Crippen molar-refractivity contribution in [3.8, 4) is 0 Å². The molecule has 0 bridgehead atoms. The first kappa shape index (κ1) is 15.0. The minimum atomic E-state index is -0.312. The van der Waals surface area contributed by atoms with Gasteiger partial charge >= 0.3 is 5.97 Å². The number of methoxy groups -OCH3 is 1. The molecule has 1 aromatic rings. The molecule has 1 saturated carbocycles. The third kappa shape index (κ3) is 3.19. The van der Waals surface area contributed by atoms with E-state index in [1.54, 1.807) is 12.1 Å². The Labute approximate surface area is 120 Å². The fourth-order valence-corrected chi connectivity index (χ4v) is 2.89. The van der Waals surface area contributed by atoms with Gasteiger partial charge in [-0.3, -0.25) is 0 Å². The molecule has 4 heteroatoms. The maximum atomic E-state index is 11.4. The lowest BCUT2D eigenvalue weighted by Gasteiger charge is -2.30. The van der Waals surface area contributed by atoms with Crippen LogP contribution in [0.1, 0.15) is 42.1 Å².